The molecule has 2 aromatic carbocycles. The zero-order chi connectivity index (χ0) is 19.6. The molecule has 27 heavy (non-hydrogen) atoms. The topological polar surface area (TPSA) is 69.7 Å². The minimum absolute atomic E-state index is 0.0750. The molecule has 1 aliphatic heterocycles. The van der Waals surface area contributed by atoms with E-state index >= 15 is 0 Å². The molecular formula is C20H20BrN3O3. The summed E-state index contributed by atoms with van der Waals surface area (Å²) in [6.07, 6.45) is 0.165. The summed E-state index contributed by atoms with van der Waals surface area (Å²) in [7, 11) is 3.35. The highest BCUT2D eigenvalue weighted by Crippen LogP contribution is 2.27. The average Bonchev–Trinajstić information content (AvgIpc) is 3.04. The van der Waals surface area contributed by atoms with E-state index in [1.807, 2.05) is 24.3 Å². The van der Waals surface area contributed by atoms with Crippen molar-refractivity contribution in [2.75, 3.05) is 30.9 Å². The van der Waals surface area contributed by atoms with Crippen molar-refractivity contribution >= 4 is 45.0 Å². The van der Waals surface area contributed by atoms with E-state index in [2.05, 4.69) is 21.2 Å². The number of nitrogens with one attached hydrogen (secondary N) is 1. The van der Waals surface area contributed by atoms with E-state index in [1.165, 1.54) is 4.90 Å². The molecule has 3 rings (SSSR count). The quantitative estimate of drug-likeness (QED) is 0.811. The smallest absolute Gasteiger partial charge is 0.253 e. The molecule has 0 aliphatic carbocycles. The summed E-state index contributed by atoms with van der Waals surface area (Å²) in [6.45, 7) is 0.336. The fourth-order valence-corrected chi connectivity index (χ4v) is 3.25. The first-order valence-electron chi connectivity index (χ1n) is 8.53. The molecule has 3 amide bonds. The Morgan fingerprint density at radius 1 is 1.15 bits per heavy atom. The van der Waals surface area contributed by atoms with Crippen molar-refractivity contribution in [3.05, 3.63) is 58.6 Å². The second-order valence-electron chi connectivity index (χ2n) is 6.65. The van der Waals surface area contributed by atoms with Gasteiger partial charge in [-0.15, -0.1) is 0 Å². The van der Waals surface area contributed by atoms with Gasteiger partial charge in [0.05, 0.1) is 5.92 Å². The lowest BCUT2D eigenvalue weighted by Crippen LogP contribution is -2.28. The summed E-state index contributed by atoms with van der Waals surface area (Å²) in [6, 6.07) is 14.2. The van der Waals surface area contributed by atoms with E-state index in [0.717, 1.165) is 10.2 Å². The van der Waals surface area contributed by atoms with Crippen LogP contribution in [0, 0.1) is 5.92 Å². The van der Waals surface area contributed by atoms with Crippen LogP contribution < -0.4 is 10.2 Å². The van der Waals surface area contributed by atoms with Crippen molar-refractivity contribution in [2.45, 2.75) is 6.42 Å². The fourth-order valence-electron chi connectivity index (χ4n) is 2.99. The Bertz CT molecular complexity index is 880. The third-order valence-corrected chi connectivity index (χ3v) is 4.95. The molecule has 6 nitrogen and oxygen atoms in total. The van der Waals surface area contributed by atoms with E-state index in [9.17, 15) is 14.4 Å². The van der Waals surface area contributed by atoms with E-state index in [1.54, 1.807) is 43.3 Å². The largest absolute Gasteiger partial charge is 0.345 e. The van der Waals surface area contributed by atoms with Crippen molar-refractivity contribution in [3.8, 4) is 0 Å². The van der Waals surface area contributed by atoms with Gasteiger partial charge >= 0.3 is 0 Å². The van der Waals surface area contributed by atoms with Gasteiger partial charge in [0.25, 0.3) is 5.91 Å². The van der Waals surface area contributed by atoms with Crippen LogP contribution in [-0.2, 0) is 9.59 Å². The first kappa shape index (κ1) is 19.1. The minimum Gasteiger partial charge on any atom is -0.345 e. The molecule has 140 valence electrons. The van der Waals surface area contributed by atoms with Crippen LogP contribution in [-0.4, -0.2) is 43.3 Å². The van der Waals surface area contributed by atoms with Gasteiger partial charge in [0, 0.05) is 48.5 Å². The molecule has 1 saturated heterocycles. The maximum atomic E-state index is 12.6. The van der Waals surface area contributed by atoms with Crippen LogP contribution in [0.15, 0.2) is 53.0 Å². The van der Waals surface area contributed by atoms with Gasteiger partial charge in [-0.2, -0.15) is 0 Å². The van der Waals surface area contributed by atoms with Crippen LogP contribution in [0.1, 0.15) is 16.8 Å². The van der Waals surface area contributed by atoms with Crippen molar-refractivity contribution in [3.63, 3.8) is 0 Å². The highest BCUT2D eigenvalue weighted by atomic mass is 79.9. The molecule has 7 heteroatoms. The molecule has 0 aromatic heterocycles. The summed E-state index contributed by atoms with van der Waals surface area (Å²) in [4.78, 5) is 40.1. The average molecular weight is 430 g/mol. The van der Waals surface area contributed by atoms with Gasteiger partial charge in [0.1, 0.15) is 0 Å². The normalized spacial score (nSPS) is 16.3. The number of carbonyl (C=O) groups excluding carboxylic acids is 3. The summed E-state index contributed by atoms with van der Waals surface area (Å²) in [5.41, 5.74) is 1.82. The zero-order valence-electron chi connectivity index (χ0n) is 15.1. The Labute approximate surface area is 166 Å². The Kier molecular flexibility index (Phi) is 5.60. The molecule has 1 atom stereocenters. The second kappa shape index (κ2) is 7.92. The van der Waals surface area contributed by atoms with Crippen molar-refractivity contribution in [1.29, 1.82) is 0 Å². The zero-order valence-corrected chi connectivity index (χ0v) is 16.7. The van der Waals surface area contributed by atoms with Crippen molar-refractivity contribution in [1.82, 2.24) is 4.90 Å². The standard InChI is InChI=1S/C20H20BrN3O3/c1-23(2)20(27)13-4-3-5-16(10-13)22-19(26)14-11-18(25)24(12-14)17-8-6-15(21)7-9-17/h3-10,14H,11-12H2,1-2H3,(H,22,26)/t14-/m1/s1. The number of nitrogens with zero attached hydrogens (tertiary/aromatic N) is 2. The van der Waals surface area contributed by atoms with Gasteiger partial charge in [-0.1, -0.05) is 22.0 Å². The number of amides is 3. The van der Waals surface area contributed by atoms with Crippen LogP contribution in [0.2, 0.25) is 0 Å². The highest BCUT2D eigenvalue weighted by Gasteiger charge is 2.35. The third-order valence-electron chi connectivity index (χ3n) is 4.42. The number of halogens is 1. The first-order valence-corrected chi connectivity index (χ1v) is 9.33. The third kappa shape index (κ3) is 4.36. The number of hydrogen-bond donors (Lipinski definition) is 1. The molecule has 0 radical (unpaired) electrons. The summed E-state index contributed by atoms with van der Waals surface area (Å²) in [5.74, 6) is -0.871. The van der Waals surface area contributed by atoms with Gasteiger partial charge in [0.2, 0.25) is 11.8 Å². The van der Waals surface area contributed by atoms with Crippen molar-refractivity contribution < 1.29 is 14.4 Å². The molecule has 0 unspecified atom stereocenters. The van der Waals surface area contributed by atoms with E-state index in [0.29, 0.717) is 17.8 Å². The van der Waals surface area contributed by atoms with E-state index in [4.69, 9.17) is 0 Å². The summed E-state index contributed by atoms with van der Waals surface area (Å²) < 4.78 is 0.930. The predicted octanol–water partition coefficient (Wildman–Crippen LogP) is 3.14. The van der Waals surface area contributed by atoms with Gasteiger partial charge in [-0.3, -0.25) is 14.4 Å². The lowest BCUT2D eigenvalue weighted by molar-refractivity contribution is -0.122. The molecule has 2 aromatic rings. The molecule has 1 N–H and O–H groups in total. The minimum atomic E-state index is -0.436. The van der Waals surface area contributed by atoms with Crippen molar-refractivity contribution in [2.24, 2.45) is 5.92 Å². The SMILES string of the molecule is CN(C)C(=O)c1cccc(NC(=O)[C@@H]2CC(=O)N(c3ccc(Br)cc3)C2)c1. The maximum absolute atomic E-state index is 12.6. The van der Waals surface area contributed by atoms with Crippen LogP contribution in [0.3, 0.4) is 0 Å². The van der Waals surface area contributed by atoms with Crippen LogP contribution in [0.25, 0.3) is 0 Å². The molecule has 0 spiro atoms. The fraction of sp³-hybridized carbons (Fsp3) is 0.250. The lowest BCUT2D eigenvalue weighted by atomic mass is 10.1. The summed E-state index contributed by atoms with van der Waals surface area (Å²) >= 11 is 3.37. The van der Waals surface area contributed by atoms with E-state index < -0.39 is 5.92 Å². The van der Waals surface area contributed by atoms with Gasteiger partial charge in [-0.05, 0) is 42.5 Å². The number of carbonyl (C=O) groups is 3. The maximum Gasteiger partial charge on any atom is 0.253 e. The Balaban J connectivity index is 1.69. The number of hydrogen-bond acceptors (Lipinski definition) is 3. The number of anilines is 2. The van der Waals surface area contributed by atoms with Gasteiger partial charge in [0.15, 0.2) is 0 Å². The monoisotopic (exact) mass is 429 g/mol. The van der Waals surface area contributed by atoms with Crippen LogP contribution >= 0.6 is 15.9 Å². The van der Waals surface area contributed by atoms with Crippen LogP contribution in [0.5, 0.6) is 0 Å². The van der Waals surface area contributed by atoms with Gasteiger partial charge < -0.3 is 15.1 Å². The molecule has 1 aliphatic rings. The van der Waals surface area contributed by atoms with E-state index in [-0.39, 0.29) is 24.1 Å². The number of benzene rings is 2. The summed E-state index contributed by atoms with van der Waals surface area (Å²) in [5, 5.41) is 2.82. The number of rotatable bonds is 4. The second-order valence-corrected chi connectivity index (χ2v) is 7.57. The lowest BCUT2D eigenvalue weighted by Gasteiger charge is -2.17. The molecule has 1 fully saturated rings. The molecule has 0 saturated carbocycles. The van der Waals surface area contributed by atoms with Gasteiger partial charge in [-0.25, -0.2) is 0 Å². The Morgan fingerprint density at radius 3 is 2.52 bits per heavy atom. The molecular weight excluding hydrogens is 410 g/mol. The molecule has 1 heterocycles. The first-order chi connectivity index (χ1) is 12.8. The Morgan fingerprint density at radius 2 is 1.85 bits per heavy atom. The molecule has 0 bridgehead atoms. The Hall–Kier alpha value is -2.67. The highest BCUT2D eigenvalue weighted by molar-refractivity contribution is 9.10. The van der Waals surface area contributed by atoms with Crippen LogP contribution in [0.4, 0.5) is 11.4 Å². The predicted molar refractivity (Wildman–Crippen MR) is 108 cm³/mol.